The minimum absolute atomic E-state index is 0. The van der Waals surface area contributed by atoms with E-state index < -0.39 is 0 Å². The molecule has 1 aliphatic rings. The van der Waals surface area contributed by atoms with Crippen LogP contribution in [0.5, 0.6) is 0 Å². The molecule has 0 atom stereocenters. The van der Waals surface area contributed by atoms with E-state index in [0.717, 1.165) is 13.0 Å². The Morgan fingerprint density at radius 2 is 1.67 bits per heavy atom. The lowest BCUT2D eigenvalue weighted by Crippen LogP contribution is -3.00. The molecule has 1 aliphatic heterocycles. The maximum atomic E-state index is 13.7. The summed E-state index contributed by atoms with van der Waals surface area (Å²) in [6, 6.07) is 15.2. The highest BCUT2D eigenvalue weighted by Gasteiger charge is 2.19. The van der Waals surface area contributed by atoms with Crippen molar-refractivity contribution < 1.29 is 25.9 Å². The van der Waals surface area contributed by atoms with Crippen molar-refractivity contribution in [3.63, 3.8) is 0 Å². The molecule has 2 aromatic rings. The van der Waals surface area contributed by atoms with Gasteiger partial charge in [0.2, 0.25) is 5.69 Å². The molecule has 0 saturated carbocycles. The van der Waals surface area contributed by atoms with Crippen molar-refractivity contribution in [2.24, 2.45) is 0 Å². The maximum absolute atomic E-state index is 13.7. The first kappa shape index (κ1) is 13.0. The van der Waals surface area contributed by atoms with Gasteiger partial charge >= 0.3 is 0 Å². The topological polar surface area (TPSA) is 3.01 Å². The van der Waals surface area contributed by atoms with E-state index >= 15 is 0 Å². The molecule has 0 aromatic heterocycles. The Balaban J connectivity index is 0.00000120. The van der Waals surface area contributed by atoms with E-state index in [0.29, 0.717) is 5.69 Å². The van der Waals surface area contributed by atoms with E-state index in [1.165, 1.54) is 17.2 Å². The lowest BCUT2D eigenvalue weighted by atomic mass is 10.0. The van der Waals surface area contributed by atoms with Crippen molar-refractivity contribution >= 4 is 11.9 Å². The van der Waals surface area contributed by atoms with Gasteiger partial charge in [-0.15, -0.1) is 0 Å². The van der Waals surface area contributed by atoms with Crippen LogP contribution in [0.4, 0.5) is 10.1 Å². The van der Waals surface area contributed by atoms with E-state index in [1.54, 1.807) is 6.07 Å². The van der Waals surface area contributed by atoms with Gasteiger partial charge in [0.25, 0.3) is 0 Å². The molecule has 3 heteroatoms. The van der Waals surface area contributed by atoms with Gasteiger partial charge < -0.3 is 17.0 Å². The SMILES string of the molecule is Fc1ccccc1[N+]1=Cc2ccccc2CC1.[Br-]. The fourth-order valence-electron chi connectivity index (χ4n) is 2.24. The minimum Gasteiger partial charge on any atom is -1.00 e. The van der Waals surface area contributed by atoms with Gasteiger partial charge in [0.05, 0.1) is 0 Å². The van der Waals surface area contributed by atoms with Gasteiger partial charge in [-0.3, -0.25) is 0 Å². The fraction of sp³-hybridized carbons (Fsp3) is 0.133. The third-order valence-electron chi connectivity index (χ3n) is 3.13. The summed E-state index contributed by atoms with van der Waals surface area (Å²) in [6.07, 6.45) is 2.98. The number of para-hydroxylation sites is 1. The molecule has 0 fully saturated rings. The lowest BCUT2D eigenvalue weighted by Gasteiger charge is -2.11. The van der Waals surface area contributed by atoms with Gasteiger partial charge in [0, 0.05) is 18.1 Å². The molecule has 0 unspecified atom stereocenters. The van der Waals surface area contributed by atoms with Crippen LogP contribution in [0.3, 0.4) is 0 Å². The maximum Gasteiger partial charge on any atom is 0.241 e. The number of rotatable bonds is 1. The zero-order valence-corrected chi connectivity index (χ0v) is 11.4. The molecule has 0 saturated heterocycles. The number of benzene rings is 2. The van der Waals surface area contributed by atoms with Crippen molar-refractivity contribution in [3.8, 4) is 0 Å². The zero-order chi connectivity index (χ0) is 11.7. The zero-order valence-electron chi connectivity index (χ0n) is 9.81. The summed E-state index contributed by atoms with van der Waals surface area (Å²) in [6.45, 7) is 0.831. The second-order valence-electron chi connectivity index (χ2n) is 4.22. The first-order chi connectivity index (χ1) is 8.34. The van der Waals surface area contributed by atoms with Crippen LogP contribution in [-0.2, 0) is 6.42 Å². The normalized spacial score (nSPS) is 13.3. The van der Waals surface area contributed by atoms with Gasteiger partial charge in [0.1, 0.15) is 0 Å². The van der Waals surface area contributed by atoms with Crippen molar-refractivity contribution in [1.82, 2.24) is 0 Å². The highest BCUT2D eigenvalue weighted by atomic mass is 79.9. The Morgan fingerprint density at radius 3 is 2.50 bits per heavy atom. The third kappa shape index (κ3) is 2.36. The molecule has 1 nitrogen and oxygen atoms in total. The van der Waals surface area contributed by atoms with Gasteiger partial charge in [0.15, 0.2) is 18.6 Å². The van der Waals surface area contributed by atoms with Gasteiger partial charge in [-0.2, -0.15) is 8.97 Å². The van der Waals surface area contributed by atoms with Crippen molar-refractivity contribution in [2.45, 2.75) is 6.42 Å². The molecule has 0 bridgehead atoms. The smallest absolute Gasteiger partial charge is 0.241 e. The predicted molar refractivity (Wildman–Crippen MR) is 66.5 cm³/mol. The quantitative estimate of drug-likeness (QED) is 0.660. The molecule has 0 aliphatic carbocycles. The number of fused-ring (bicyclic) bond motifs is 1. The van der Waals surface area contributed by atoms with Crippen molar-refractivity contribution in [3.05, 3.63) is 65.5 Å². The van der Waals surface area contributed by atoms with Crippen LogP contribution < -0.4 is 17.0 Å². The summed E-state index contributed by atoms with van der Waals surface area (Å²) in [7, 11) is 0. The monoisotopic (exact) mass is 305 g/mol. The standard InChI is InChI=1S/C15H13FN.BrH/c16-14-7-3-4-8-15(14)17-10-9-12-5-1-2-6-13(12)11-17;/h1-8,11H,9-10H2;1H/q+1;/p-1. The minimum atomic E-state index is -0.164. The summed E-state index contributed by atoms with van der Waals surface area (Å²) in [4.78, 5) is 0. The van der Waals surface area contributed by atoms with Crippen LogP contribution in [0.25, 0.3) is 0 Å². The molecule has 92 valence electrons. The van der Waals surface area contributed by atoms with E-state index in [1.807, 2.05) is 35.1 Å². The molecular formula is C15H13BrFN. The summed E-state index contributed by atoms with van der Waals surface area (Å²) < 4.78 is 15.7. The second kappa shape index (κ2) is 5.44. The van der Waals surface area contributed by atoms with Crippen LogP contribution in [-0.4, -0.2) is 17.3 Å². The molecule has 0 radical (unpaired) electrons. The Bertz CT molecular complexity index is 593. The molecule has 0 spiro atoms. The van der Waals surface area contributed by atoms with E-state index in [4.69, 9.17) is 0 Å². The first-order valence-corrected chi connectivity index (χ1v) is 5.78. The highest BCUT2D eigenvalue weighted by molar-refractivity contribution is 5.79. The van der Waals surface area contributed by atoms with E-state index in [9.17, 15) is 4.39 Å². The van der Waals surface area contributed by atoms with E-state index in [-0.39, 0.29) is 22.8 Å². The van der Waals surface area contributed by atoms with Gasteiger partial charge in [-0.05, 0) is 17.7 Å². The molecule has 2 aromatic carbocycles. The molecule has 18 heavy (non-hydrogen) atoms. The van der Waals surface area contributed by atoms with Crippen LogP contribution in [0.15, 0.2) is 48.5 Å². The summed E-state index contributed by atoms with van der Waals surface area (Å²) in [5.41, 5.74) is 3.17. The molecule has 1 heterocycles. The Hall–Kier alpha value is -1.48. The number of nitrogens with zero attached hydrogens (tertiary/aromatic N) is 1. The molecule has 0 N–H and O–H groups in total. The summed E-state index contributed by atoms with van der Waals surface area (Å²) >= 11 is 0. The molecule has 0 amide bonds. The Kier molecular flexibility index (Phi) is 3.92. The van der Waals surface area contributed by atoms with Crippen molar-refractivity contribution in [1.29, 1.82) is 0 Å². The average molecular weight is 306 g/mol. The van der Waals surface area contributed by atoms with E-state index in [2.05, 4.69) is 12.1 Å². The second-order valence-corrected chi connectivity index (χ2v) is 4.22. The molecule has 3 rings (SSSR count). The van der Waals surface area contributed by atoms with Crippen LogP contribution in [0.1, 0.15) is 11.1 Å². The largest absolute Gasteiger partial charge is 1.00 e. The van der Waals surface area contributed by atoms with Crippen LogP contribution in [0.2, 0.25) is 0 Å². The Morgan fingerprint density at radius 1 is 0.944 bits per heavy atom. The average Bonchev–Trinajstić information content (AvgIpc) is 2.39. The summed E-state index contributed by atoms with van der Waals surface area (Å²) in [5.74, 6) is -0.164. The van der Waals surface area contributed by atoms with Crippen molar-refractivity contribution in [2.75, 3.05) is 6.54 Å². The van der Waals surface area contributed by atoms with Crippen LogP contribution >= 0.6 is 0 Å². The lowest BCUT2D eigenvalue weighted by molar-refractivity contribution is -0.438. The number of halogens is 2. The third-order valence-corrected chi connectivity index (χ3v) is 3.13. The fourth-order valence-corrected chi connectivity index (χ4v) is 2.24. The highest BCUT2D eigenvalue weighted by Crippen LogP contribution is 2.20. The first-order valence-electron chi connectivity index (χ1n) is 5.78. The number of hydrogen-bond donors (Lipinski definition) is 0. The summed E-state index contributed by atoms with van der Waals surface area (Å²) in [5, 5.41) is 0. The Labute approximate surface area is 116 Å². The number of hydrogen-bond acceptors (Lipinski definition) is 0. The van der Waals surface area contributed by atoms with Gasteiger partial charge in [-0.1, -0.05) is 30.3 Å². The van der Waals surface area contributed by atoms with Gasteiger partial charge in [-0.25, -0.2) is 0 Å². The predicted octanol–water partition coefficient (Wildman–Crippen LogP) is 0.149. The molecular weight excluding hydrogens is 293 g/mol. The van der Waals surface area contributed by atoms with Crippen LogP contribution in [0, 0.1) is 5.82 Å².